The smallest absolute Gasteiger partial charge is 0.338 e. The highest BCUT2D eigenvalue weighted by Gasteiger charge is 2.37. The van der Waals surface area contributed by atoms with Gasteiger partial charge in [-0.25, -0.2) is 14.8 Å². The molecule has 0 aromatic carbocycles. The third-order valence-electron chi connectivity index (χ3n) is 5.20. The quantitative estimate of drug-likeness (QED) is 0.392. The van der Waals surface area contributed by atoms with Gasteiger partial charge in [-0.15, -0.1) is 11.3 Å². The van der Waals surface area contributed by atoms with Crippen LogP contribution >= 0.6 is 11.3 Å². The number of hydrogen-bond acceptors (Lipinski definition) is 7. The first kappa shape index (κ1) is 25.4. The number of halogens is 3. The van der Waals surface area contributed by atoms with Gasteiger partial charge in [0.25, 0.3) is 0 Å². The number of alkyl halides is 3. The molecule has 0 bridgehead atoms. The van der Waals surface area contributed by atoms with Crippen molar-refractivity contribution in [2.75, 3.05) is 58.2 Å². The van der Waals surface area contributed by atoms with Crippen LogP contribution in [0, 0.1) is 0 Å². The lowest BCUT2D eigenvalue weighted by Gasteiger charge is -2.32. The van der Waals surface area contributed by atoms with Crippen LogP contribution in [0.5, 0.6) is 0 Å². The highest BCUT2D eigenvalue weighted by Crippen LogP contribution is 2.37. The Morgan fingerprint density at radius 2 is 2.00 bits per heavy atom. The normalized spacial score (nSPS) is 15.5. The molecule has 0 spiro atoms. The second kappa shape index (κ2) is 11.3. The maximum absolute atomic E-state index is 13.6. The van der Waals surface area contributed by atoms with Gasteiger partial charge < -0.3 is 15.5 Å². The largest absolute Gasteiger partial charge is 0.434 e. The maximum Gasteiger partial charge on any atom is 0.434 e. The average molecular weight is 481 g/mol. The van der Waals surface area contributed by atoms with Crippen LogP contribution < -0.4 is 21.4 Å². The Balaban J connectivity index is 1.71. The summed E-state index contributed by atoms with van der Waals surface area (Å²) in [6.07, 6.45) is -3.30. The number of amides is 2. The number of likely N-dealkylation sites (N-methyl/N-ethyl adjacent to an activating group) is 1. The first-order valence-corrected chi connectivity index (χ1v) is 11.5. The minimum Gasteiger partial charge on any atom is -0.338 e. The van der Waals surface area contributed by atoms with Crippen molar-refractivity contribution in [3.8, 4) is 10.6 Å². The summed E-state index contributed by atoms with van der Waals surface area (Å²) in [6, 6.07) is 0.954. The highest BCUT2D eigenvalue weighted by atomic mass is 32.1. The molecule has 0 unspecified atom stereocenters. The van der Waals surface area contributed by atoms with Crippen molar-refractivity contribution in [3.05, 3.63) is 22.8 Å². The van der Waals surface area contributed by atoms with Gasteiger partial charge in [0.2, 0.25) is 0 Å². The fraction of sp³-hybridized carbons (Fsp3) is 0.550. The van der Waals surface area contributed by atoms with Crippen molar-refractivity contribution >= 4 is 36.5 Å². The predicted octanol–water partition coefficient (Wildman–Crippen LogP) is 1.50. The van der Waals surface area contributed by atoms with Gasteiger partial charge in [-0.05, 0) is 20.0 Å². The maximum atomic E-state index is 13.6. The number of thiazole rings is 1. The number of nitrogens with one attached hydrogen (secondary N) is 3. The van der Waals surface area contributed by atoms with Gasteiger partial charge >= 0.3 is 12.2 Å². The molecule has 0 saturated carbocycles. The average Bonchev–Trinajstić information content (AvgIpc) is 3.19. The van der Waals surface area contributed by atoms with Crippen LogP contribution in [0.15, 0.2) is 12.3 Å². The molecule has 1 fully saturated rings. The van der Waals surface area contributed by atoms with E-state index in [4.69, 9.17) is 7.85 Å². The summed E-state index contributed by atoms with van der Waals surface area (Å²) in [5.41, 5.74) is -0.464. The highest BCUT2D eigenvalue weighted by molar-refractivity contribution is 7.15. The summed E-state index contributed by atoms with van der Waals surface area (Å²) in [5, 5.41) is 8.32. The van der Waals surface area contributed by atoms with E-state index in [1.165, 1.54) is 12.3 Å². The Hall–Kier alpha value is -2.22. The Bertz CT molecular complexity index is 948. The van der Waals surface area contributed by atoms with Crippen molar-refractivity contribution in [1.82, 2.24) is 30.4 Å². The number of pyridine rings is 1. The molecule has 33 heavy (non-hydrogen) atoms. The fourth-order valence-corrected chi connectivity index (χ4v) is 4.45. The lowest BCUT2D eigenvalue weighted by atomic mass is 9.93. The first-order valence-electron chi connectivity index (χ1n) is 10.7. The summed E-state index contributed by atoms with van der Waals surface area (Å²) >= 11 is 0.928. The Morgan fingerprint density at radius 3 is 2.67 bits per heavy atom. The van der Waals surface area contributed by atoms with Crippen LogP contribution in [-0.4, -0.2) is 86.5 Å². The monoisotopic (exact) mass is 481 g/mol. The molecule has 2 amide bonds. The zero-order valence-corrected chi connectivity index (χ0v) is 19.4. The number of urea groups is 1. The molecule has 1 aliphatic rings. The lowest BCUT2D eigenvalue weighted by Crippen LogP contribution is -2.46. The molecule has 3 N–H and O–H groups in total. The lowest BCUT2D eigenvalue weighted by molar-refractivity contribution is -0.141. The number of rotatable bonds is 8. The topological polar surface area (TPSA) is 85.4 Å². The molecular formula is C20H27BF3N7OS. The van der Waals surface area contributed by atoms with E-state index in [0.29, 0.717) is 13.1 Å². The van der Waals surface area contributed by atoms with E-state index in [9.17, 15) is 18.0 Å². The zero-order valence-electron chi connectivity index (χ0n) is 18.6. The first-order chi connectivity index (χ1) is 15.7. The van der Waals surface area contributed by atoms with Gasteiger partial charge in [0.05, 0.1) is 4.88 Å². The van der Waals surface area contributed by atoms with Gasteiger partial charge in [-0.3, -0.25) is 10.2 Å². The standard InChI is InChI=1S/C20H27BF3N7OS/c1-3-26-19(32)28-16-10-13(14(21)11-27-16)18-29-17(20(22,23)24)15(33-18)12-25-4-5-31-8-6-30(2)7-9-31/h10-11,25H,3-9,12H2,1-2H3,(H2,26,27,28,32). The molecule has 1 aliphatic heterocycles. The Morgan fingerprint density at radius 1 is 1.27 bits per heavy atom. The summed E-state index contributed by atoms with van der Waals surface area (Å²) in [5.74, 6) is 0.167. The van der Waals surface area contributed by atoms with Gasteiger partial charge in [0, 0.05) is 64.1 Å². The van der Waals surface area contributed by atoms with Crippen LogP contribution in [0.3, 0.4) is 0 Å². The predicted molar refractivity (Wildman–Crippen MR) is 124 cm³/mol. The molecule has 2 aromatic heterocycles. The van der Waals surface area contributed by atoms with E-state index < -0.39 is 17.9 Å². The van der Waals surface area contributed by atoms with E-state index in [0.717, 1.165) is 44.1 Å². The fourth-order valence-electron chi connectivity index (χ4n) is 3.36. The molecule has 13 heteroatoms. The summed E-state index contributed by atoms with van der Waals surface area (Å²) in [4.78, 5) is 24.2. The van der Waals surface area contributed by atoms with Crippen molar-refractivity contribution in [3.63, 3.8) is 0 Å². The second-order valence-electron chi connectivity index (χ2n) is 7.75. The third-order valence-corrected chi connectivity index (χ3v) is 6.28. The number of carbonyl (C=O) groups excluding carboxylic acids is 1. The summed E-state index contributed by atoms with van der Waals surface area (Å²) in [7, 11) is 8.04. The molecular weight excluding hydrogens is 454 g/mol. The van der Waals surface area contributed by atoms with Crippen molar-refractivity contribution < 1.29 is 18.0 Å². The number of nitrogens with zero attached hydrogens (tertiary/aromatic N) is 4. The van der Waals surface area contributed by atoms with E-state index in [1.807, 2.05) is 0 Å². The van der Waals surface area contributed by atoms with E-state index in [1.54, 1.807) is 6.92 Å². The summed E-state index contributed by atoms with van der Waals surface area (Å²) < 4.78 is 40.9. The molecule has 2 aromatic rings. The Labute approximate surface area is 196 Å². The van der Waals surface area contributed by atoms with Crippen LogP contribution in [0.2, 0.25) is 0 Å². The van der Waals surface area contributed by atoms with Crippen molar-refractivity contribution in [2.24, 2.45) is 0 Å². The molecule has 1 saturated heterocycles. The van der Waals surface area contributed by atoms with E-state index in [-0.39, 0.29) is 33.3 Å². The number of carbonyl (C=O) groups is 1. The number of hydrogen-bond donors (Lipinski definition) is 3. The molecule has 8 nitrogen and oxygen atoms in total. The van der Waals surface area contributed by atoms with Crippen molar-refractivity contribution in [2.45, 2.75) is 19.6 Å². The Kier molecular flexibility index (Phi) is 8.68. The van der Waals surface area contributed by atoms with Gasteiger partial charge in [0.1, 0.15) is 18.7 Å². The van der Waals surface area contributed by atoms with Crippen molar-refractivity contribution in [1.29, 1.82) is 0 Å². The molecule has 2 radical (unpaired) electrons. The van der Waals surface area contributed by atoms with Crippen LogP contribution in [0.25, 0.3) is 10.6 Å². The number of anilines is 1. The number of aromatic nitrogens is 2. The summed E-state index contributed by atoms with van der Waals surface area (Å²) in [6.45, 7) is 7.45. The minimum absolute atomic E-state index is 0.0508. The minimum atomic E-state index is -4.59. The molecule has 3 rings (SSSR count). The molecule has 0 atom stereocenters. The molecule has 3 heterocycles. The van der Waals surface area contributed by atoms with Crippen LogP contribution in [0.1, 0.15) is 17.5 Å². The van der Waals surface area contributed by atoms with Gasteiger partial charge in [-0.2, -0.15) is 13.2 Å². The third kappa shape index (κ3) is 7.13. The van der Waals surface area contributed by atoms with Crippen LogP contribution in [-0.2, 0) is 12.7 Å². The van der Waals surface area contributed by atoms with Gasteiger partial charge in [0.15, 0.2) is 5.69 Å². The second-order valence-corrected chi connectivity index (χ2v) is 8.84. The van der Waals surface area contributed by atoms with Crippen LogP contribution in [0.4, 0.5) is 23.8 Å². The molecule has 0 aliphatic carbocycles. The van der Waals surface area contributed by atoms with E-state index in [2.05, 4.69) is 42.8 Å². The van der Waals surface area contributed by atoms with Gasteiger partial charge in [-0.1, -0.05) is 5.46 Å². The number of piperazine rings is 1. The van der Waals surface area contributed by atoms with E-state index >= 15 is 0 Å². The molecule has 178 valence electrons. The zero-order chi connectivity index (χ0) is 24.0. The SMILES string of the molecule is [B]c1cnc(NC(=O)NCC)cc1-c1nc(C(F)(F)F)c(CNCCN2CCN(C)CC2)s1.